The van der Waals surface area contributed by atoms with Crippen molar-refractivity contribution < 1.29 is 19.0 Å². The van der Waals surface area contributed by atoms with Crippen LogP contribution in [0.15, 0.2) is 12.1 Å². The molecule has 0 bridgehead atoms. The van der Waals surface area contributed by atoms with Crippen LogP contribution in [0.2, 0.25) is 0 Å². The van der Waals surface area contributed by atoms with Crippen LogP contribution >= 0.6 is 0 Å². The Kier molecular flexibility index (Phi) is 5.06. The molecule has 1 aromatic carbocycles. The fourth-order valence-electron chi connectivity index (χ4n) is 1.97. The number of nitrogens with one attached hydrogen (secondary N) is 2. The predicted octanol–water partition coefficient (Wildman–Crippen LogP) is 0.806. The van der Waals surface area contributed by atoms with Crippen molar-refractivity contribution in [1.29, 1.82) is 0 Å². The Hall–Kier alpha value is -1.95. The van der Waals surface area contributed by atoms with Gasteiger partial charge in [-0.1, -0.05) is 0 Å². The number of hydrogen-bond acceptors (Lipinski definition) is 5. The van der Waals surface area contributed by atoms with Crippen LogP contribution in [0.5, 0.6) is 17.2 Å². The van der Waals surface area contributed by atoms with Crippen LogP contribution in [-0.2, 0) is 0 Å². The monoisotopic (exact) mass is 280 g/mol. The van der Waals surface area contributed by atoms with Gasteiger partial charge in [0, 0.05) is 12.1 Å². The molecular weight excluding hydrogens is 260 g/mol. The van der Waals surface area contributed by atoms with Crippen LogP contribution in [0.4, 0.5) is 0 Å². The summed E-state index contributed by atoms with van der Waals surface area (Å²) in [6.07, 6.45) is 0.879. The number of carbonyl (C=O) groups is 1. The summed E-state index contributed by atoms with van der Waals surface area (Å²) in [5.74, 6) is 1.49. The largest absolute Gasteiger partial charge is 0.493 e. The maximum atomic E-state index is 12.1. The van der Waals surface area contributed by atoms with Crippen molar-refractivity contribution in [1.82, 2.24) is 10.6 Å². The molecule has 20 heavy (non-hydrogen) atoms. The second-order valence-electron chi connectivity index (χ2n) is 4.42. The molecule has 6 heteroatoms. The fraction of sp³-hybridized carbons (Fsp3) is 0.500. The summed E-state index contributed by atoms with van der Waals surface area (Å²) in [5.41, 5.74) is 0.510. The van der Waals surface area contributed by atoms with E-state index in [4.69, 9.17) is 14.2 Å². The number of benzene rings is 1. The van der Waals surface area contributed by atoms with Gasteiger partial charge in [0.05, 0.1) is 7.11 Å². The van der Waals surface area contributed by atoms with E-state index in [1.807, 2.05) is 7.05 Å². The van der Waals surface area contributed by atoms with Gasteiger partial charge < -0.3 is 24.8 Å². The molecule has 1 amide bonds. The molecule has 0 atom stereocenters. The number of ether oxygens (including phenoxy) is 3. The Bertz CT molecular complexity index is 459. The lowest BCUT2D eigenvalue weighted by Gasteiger charge is -2.21. The van der Waals surface area contributed by atoms with E-state index in [2.05, 4.69) is 10.6 Å². The molecule has 1 aliphatic rings. The molecule has 6 nitrogen and oxygen atoms in total. The van der Waals surface area contributed by atoms with Gasteiger partial charge in [0.2, 0.25) is 5.75 Å². The van der Waals surface area contributed by atoms with Gasteiger partial charge in [-0.2, -0.15) is 0 Å². The predicted molar refractivity (Wildman–Crippen MR) is 74.9 cm³/mol. The number of hydrogen-bond donors (Lipinski definition) is 2. The highest BCUT2D eigenvalue weighted by Crippen LogP contribution is 2.40. The molecule has 0 saturated carbocycles. The van der Waals surface area contributed by atoms with Crippen LogP contribution < -0.4 is 24.8 Å². The standard InChI is InChI=1S/C14H20N2O4/c1-15-4-3-5-16-14(17)10-8-11(18-2)13-12(9-10)19-6-7-20-13/h8-9,15H,3-7H2,1-2H3,(H,16,17). The minimum Gasteiger partial charge on any atom is -0.493 e. The highest BCUT2D eigenvalue weighted by Gasteiger charge is 2.20. The average molecular weight is 280 g/mol. The molecule has 1 aromatic rings. The molecular formula is C14H20N2O4. The summed E-state index contributed by atoms with van der Waals surface area (Å²) in [5, 5.41) is 5.89. The lowest BCUT2D eigenvalue weighted by Crippen LogP contribution is -2.27. The highest BCUT2D eigenvalue weighted by atomic mass is 16.6. The molecule has 1 aliphatic heterocycles. The first-order chi connectivity index (χ1) is 9.76. The maximum absolute atomic E-state index is 12.1. The highest BCUT2D eigenvalue weighted by molar-refractivity contribution is 5.95. The van der Waals surface area contributed by atoms with Crippen LogP contribution in [0, 0.1) is 0 Å². The van der Waals surface area contributed by atoms with Crippen LogP contribution in [0.25, 0.3) is 0 Å². The van der Waals surface area contributed by atoms with Gasteiger partial charge in [-0.05, 0) is 32.1 Å². The molecule has 1 heterocycles. The van der Waals surface area contributed by atoms with Crippen molar-refractivity contribution in [3.8, 4) is 17.2 Å². The van der Waals surface area contributed by atoms with Gasteiger partial charge in [0.25, 0.3) is 5.91 Å². The Labute approximate surface area is 118 Å². The number of methoxy groups -OCH3 is 1. The normalized spacial score (nSPS) is 12.9. The number of rotatable bonds is 6. The van der Waals surface area contributed by atoms with E-state index < -0.39 is 0 Å². The SMILES string of the molecule is CNCCCNC(=O)c1cc(OC)c2c(c1)OCCO2. The zero-order valence-electron chi connectivity index (χ0n) is 11.8. The third kappa shape index (κ3) is 3.33. The van der Waals surface area contributed by atoms with Gasteiger partial charge in [0.1, 0.15) is 13.2 Å². The van der Waals surface area contributed by atoms with E-state index in [0.717, 1.165) is 13.0 Å². The first-order valence-corrected chi connectivity index (χ1v) is 6.66. The third-order valence-corrected chi connectivity index (χ3v) is 2.98. The lowest BCUT2D eigenvalue weighted by molar-refractivity contribution is 0.0951. The second-order valence-corrected chi connectivity index (χ2v) is 4.42. The summed E-state index contributed by atoms with van der Waals surface area (Å²) in [6.45, 7) is 2.45. The molecule has 0 spiro atoms. The number of carbonyl (C=O) groups excluding carboxylic acids is 1. The van der Waals surface area contributed by atoms with Crippen molar-refractivity contribution in [2.24, 2.45) is 0 Å². The van der Waals surface area contributed by atoms with E-state index >= 15 is 0 Å². The molecule has 0 aliphatic carbocycles. The van der Waals surface area contributed by atoms with Crippen LogP contribution in [-0.4, -0.2) is 46.4 Å². The quantitative estimate of drug-likeness (QED) is 0.755. The first kappa shape index (κ1) is 14.5. The Morgan fingerprint density at radius 3 is 2.85 bits per heavy atom. The summed E-state index contributed by atoms with van der Waals surface area (Å²) in [4.78, 5) is 12.1. The Balaban J connectivity index is 2.09. The minimum atomic E-state index is -0.142. The molecule has 110 valence electrons. The van der Waals surface area contributed by atoms with Crippen molar-refractivity contribution in [2.75, 3.05) is 40.5 Å². The second kappa shape index (κ2) is 7.00. The topological polar surface area (TPSA) is 68.8 Å². The van der Waals surface area contributed by atoms with E-state index in [1.165, 1.54) is 0 Å². The van der Waals surface area contributed by atoms with E-state index in [9.17, 15) is 4.79 Å². The summed E-state index contributed by atoms with van der Waals surface area (Å²) in [6, 6.07) is 3.35. The van der Waals surface area contributed by atoms with E-state index in [0.29, 0.717) is 42.6 Å². The van der Waals surface area contributed by atoms with Crippen molar-refractivity contribution in [3.05, 3.63) is 17.7 Å². The molecule has 0 unspecified atom stereocenters. The summed E-state index contributed by atoms with van der Waals surface area (Å²) >= 11 is 0. The third-order valence-electron chi connectivity index (χ3n) is 2.98. The first-order valence-electron chi connectivity index (χ1n) is 6.66. The van der Waals surface area contributed by atoms with Gasteiger partial charge >= 0.3 is 0 Å². The zero-order chi connectivity index (χ0) is 14.4. The summed E-state index contributed by atoms with van der Waals surface area (Å²) < 4.78 is 16.3. The maximum Gasteiger partial charge on any atom is 0.251 e. The molecule has 0 radical (unpaired) electrons. The molecule has 0 aromatic heterocycles. The number of amides is 1. The van der Waals surface area contributed by atoms with Crippen molar-refractivity contribution >= 4 is 5.91 Å². The van der Waals surface area contributed by atoms with Gasteiger partial charge in [-0.15, -0.1) is 0 Å². The van der Waals surface area contributed by atoms with Crippen LogP contribution in [0.3, 0.4) is 0 Å². The van der Waals surface area contributed by atoms with E-state index in [1.54, 1.807) is 19.2 Å². The fourth-order valence-corrected chi connectivity index (χ4v) is 1.97. The van der Waals surface area contributed by atoms with Gasteiger partial charge in [-0.25, -0.2) is 0 Å². The Morgan fingerprint density at radius 2 is 2.10 bits per heavy atom. The molecule has 0 fully saturated rings. The lowest BCUT2D eigenvalue weighted by atomic mass is 10.1. The average Bonchev–Trinajstić information content (AvgIpc) is 2.50. The van der Waals surface area contributed by atoms with Crippen molar-refractivity contribution in [3.63, 3.8) is 0 Å². The van der Waals surface area contributed by atoms with Crippen molar-refractivity contribution in [2.45, 2.75) is 6.42 Å². The smallest absolute Gasteiger partial charge is 0.251 e. The molecule has 0 saturated heterocycles. The Morgan fingerprint density at radius 1 is 1.30 bits per heavy atom. The van der Waals surface area contributed by atoms with Gasteiger partial charge in [0.15, 0.2) is 11.5 Å². The van der Waals surface area contributed by atoms with Crippen LogP contribution in [0.1, 0.15) is 16.8 Å². The number of fused-ring (bicyclic) bond motifs is 1. The van der Waals surface area contributed by atoms with E-state index in [-0.39, 0.29) is 5.91 Å². The van der Waals surface area contributed by atoms with Gasteiger partial charge in [-0.3, -0.25) is 4.79 Å². The molecule has 2 N–H and O–H groups in total. The minimum absolute atomic E-state index is 0.142. The molecule has 2 rings (SSSR count). The summed E-state index contributed by atoms with van der Waals surface area (Å²) in [7, 11) is 3.43. The zero-order valence-corrected chi connectivity index (χ0v) is 11.8.